The SMILES string of the molecule is CN(C)C1CCN(Cc2cccc(NN)n2)CC1. The summed E-state index contributed by atoms with van der Waals surface area (Å²) in [5.41, 5.74) is 3.67. The first-order chi connectivity index (χ1) is 8.69. The lowest BCUT2D eigenvalue weighted by molar-refractivity contribution is 0.139. The predicted octanol–water partition coefficient (Wildman–Crippen LogP) is 0.893. The molecule has 0 aliphatic carbocycles. The van der Waals surface area contributed by atoms with Gasteiger partial charge in [-0.1, -0.05) is 6.07 Å². The van der Waals surface area contributed by atoms with Crippen molar-refractivity contribution in [1.29, 1.82) is 0 Å². The number of rotatable bonds is 4. The van der Waals surface area contributed by atoms with E-state index in [1.54, 1.807) is 0 Å². The number of nitrogens with zero attached hydrogens (tertiary/aromatic N) is 3. The van der Waals surface area contributed by atoms with Gasteiger partial charge in [0, 0.05) is 25.7 Å². The van der Waals surface area contributed by atoms with Crippen molar-refractivity contribution in [3.05, 3.63) is 23.9 Å². The van der Waals surface area contributed by atoms with Gasteiger partial charge < -0.3 is 10.3 Å². The molecule has 0 atom stereocenters. The van der Waals surface area contributed by atoms with Crippen LogP contribution in [0.15, 0.2) is 18.2 Å². The van der Waals surface area contributed by atoms with E-state index in [1.807, 2.05) is 12.1 Å². The summed E-state index contributed by atoms with van der Waals surface area (Å²) in [6.07, 6.45) is 2.48. The highest BCUT2D eigenvalue weighted by Gasteiger charge is 2.20. The molecule has 18 heavy (non-hydrogen) atoms. The minimum absolute atomic E-state index is 0.728. The first kappa shape index (κ1) is 13.3. The van der Waals surface area contributed by atoms with Gasteiger partial charge in [0.1, 0.15) is 5.82 Å². The molecule has 0 spiro atoms. The van der Waals surface area contributed by atoms with E-state index in [0.29, 0.717) is 0 Å². The van der Waals surface area contributed by atoms with Crippen LogP contribution in [0.2, 0.25) is 0 Å². The normalized spacial score (nSPS) is 18.2. The molecular weight excluding hydrogens is 226 g/mol. The van der Waals surface area contributed by atoms with Gasteiger partial charge in [-0.2, -0.15) is 0 Å². The van der Waals surface area contributed by atoms with E-state index in [4.69, 9.17) is 5.84 Å². The monoisotopic (exact) mass is 249 g/mol. The van der Waals surface area contributed by atoms with Crippen LogP contribution in [0, 0.1) is 0 Å². The van der Waals surface area contributed by atoms with Crippen molar-refractivity contribution in [2.45, 2.75) is 25.4 Å². The van der Waals surface area contributed by atoms with Crippen LogP contribution in [0.3, 0.4) is 0 Å². The summed E-state index contributed by atoms with van der Waals surface area (Å²) in [5, 5.41) is 0. The summed E-state index contributed by atoms with van der Waals surface area (Å²) in [6.45, 7) is 3.20. The van der Waals surface area contributed by atoms with E-state index in [2.05, 4.69) is 40.4 Å². The number of piperidine rings is 1. The Morgan fingerprint density at radius 2 is 2.11 bits per heavy atom. The summed E-state index contributed by atoms with van der Waals surface area (Å²) in [6, 6.07) is 6.65. The van der Waals surface area contributed by atoms with Crippen LogP contribution in [-0.2, 0) is 6.54 Å². The number of nitrogens with two attached hydrogens (primary N) is 1. The third kappa shape index (κ3) is 3.41. The van der Waals surface area contributed by atoms with Crippen molar-refractivity contribution < 1.29 is 0 Å². The fraction of sp³-hybridized carbons (Fsp3) is 0.615. The van der Waals surface area contributed by atoms with Crippen molar-refractivity contribution in [2.24, 2.45) is 5.84 Å². The topological polar surface area (TPSA) is 57.4 Å². The second-order valence-electron chi connectivity index (χ2n) is 5.13. The number of aromatic nitrogens is 1. The molecule has 0 saturated carbocycles. The molecule has 0 aromatic carbocycles. The molecule has 0 amide bonds. The van der Waals surface area contributed by atoms with Crippen LogP contribution in [0.1, 0.15) is 18.5 Å². The Labute approximate surface area is 109 Å². The van der Waals surface area contributed by atoms with E-state index < -0.39 is 0 Å². The van der Waals surface area contributed by atoms with Crippen LogP contribution in [-0.4, -0.2) is 48.0 Å². The van der Waals surface area contributed by atoms with Crippen LogP contribution in [0.5, 0.6) is 0 Å². The Morgan fingerprint density at radius 3 is 2.72 bits per heavy atom. The quantitative estimate of drug-likeness (QED) is 0.613. The zero-order chi connectivity index (χ0) is 13.0. The van der Waals surface area contributed by atoms with Gasteiger partial charge >= 0.3 is 0 Å². The third-order valence-corrected chi connectivity index (χ3v) is 3.63. The molecule has 100 valence electrons. The predicted molar refractivity (Wildman–Crippen MR) is 74.0 cm³/mol. The van der Waals surface area contributed by atoms with E-state index in [0.717, 1.165) is 37.2 Å². The smallest absolute Gasteiger partial charge is 0.140 e. The number of nitrogen functional groups attached to an aromatic ring is 1. The molecule has 2 heterocycles. The Kier molecular flexibility index (Phi) is 4.52. The van der Waals surface area contributed by atoms with E-state index in [-0.39, 0.29) is 0 Å². The highest BCUT2D eigenvalue weighted by atomic mass is 15.3. The zero-order valence-electron chi connectivity index (χ0n) is 11.3. The van der Waals surface area contributed by atoms with Gasteiger partial charge in [-0.05, 0) is 39.1 Å². The molecule has 1 aliphatic rings. The lowest BCUT2D eigenvalue weighted by Crippen LogP contribution is -2.41. The number of hydrazine groups is 1. The molecule has 1 aromatic rings. The Bertz CT molecular complexity index is 371. The minimum Gasteiger partial charge on any atom is -0.308 e. The fourth-order valence-corrected chi connectivity index (χ4v) is 2.47. The molecule has 5 nitrogen and oxygen atoms in total. The van der Waals surface area contributed by atoms with Crippen molar-refractivity contribution in [3.8, 4) is 0 Å². The maximum atomic E-state index is 5.37. The molecule has 1 fully saturated rings. The first-order valence-corrected chi connectivity index (χ1v) is 6.50. The lowest BCUT2D eigenvalue weighted by Gasteiger charge is -2.35. The molecule has 1 aromatic heterocycles. The largest absolute Gasteiger partial charge is 0.308 e. The summed E-state index contributed by atoms with van der Waals surface area (Å²) in [7, 11) is 4.33. The number of likely N-dealkylation sites (tertiary alicyclic amines) is 1. The van der Waals surface area contributed by atoms with Gasteiger partial charge in [0.15, 0.2) is 0 Å². The number of hydrogen-bond donors (Lipinski definition) is 2. The Balaban J connectivity index is 1.87. The summed E-state index contributed by atoms with van der Waals surface area (Å²) in [5.74, 6) is 6.10. The number of pyridine rings is 1. The molecule has 0 bridgehead atoms. The second-order valence-corrected chi connectivity index (χ2v) is 5.13. The molecule has 1 saturated heterocycles. The molecule has 2 rings (SSSR count). The van der Waals surface area contributed by atoms with Gasteiger partial charge in [-0.3, -0.25) is 4.90 Å². The van der Waals surface area contributed by atoms with Gasteiger partial charge in [0.2, 0.25) is 0 Å². The number of anilines is 1. The highest BCUT2D eigenvalue weighted by Crippen LogP contribution is 2.16. The Hall–Kier alpha value is -1.17. The van der Waals surface area contributed by atoms with Crippen molar-refractivity contribution in [2.75, 3.05) is 32.6 Å². The van der Waals surface area contributed by atoms with Gasteiger partial charge in [-0.25, -0.2) is 10.8 Å². The van der Waals surface area contributed by atoms with Crippen molar-refractivity contribution >= 4 is 5.82 Å². The summed E-state index contributed by atoms with van der Waals surface area (Å²) in [4.78, 5) is 9.24. The second kappa shape index (κ2) is 6.13. The lowest BCUT2D eigenvalue weighted by atomic mass is 10.0. The molecule has 3 N–H and O–H groups in total. The summed E-state index contributed by atoms with van der Waals surface area (Å²) < 4.78 is 0. The van der Waals surface area contributed by atoms with Crippen LogP contribution < -0.4 is 11.3 Å². The number of hydrogen-bond acceptors (Lipinski definition) is 5. The summed E-state index contributed by atoms with van der Waals surface area (Å²) >= 11 is 0. The third-order valence-electron chi connectivity index (χ3n) is 3.63. The molecule has 0 radical (unpaired) electrons. The van der Waals surface area contributed by atoms with Gasteiger partial charge in [0.05, 0.1) is 5.69 Å². The first-order valence-electron chi connectivity index (χ1n) is 6.50. The maximum Gasteiger partial charge on any atom is 0.140 e. The molecular formula is C13H23N5. The maximum absolute atomic E-state index is 5.37. The van der Waals surface area contributed by atoms with Gasteiger partial charge in [-0.15, -0.1) is 0 Å². The highest BCUT2D eigenvalue weighted by molar-refractivity contribution is 5.33. The Morgan fingerprint density at radius 1 is 1.39 bits per heavy atom. The van der Waals surface area contributed by atoms with Crippen molar-refractivity contribution in [3.63, 3.8) is 0 Å². The molecule has 5 heteroatoms. The standard InChI is InChI=1S/C13H23N5/c1-17(2)12-6-8-18(9-7-12)10-11-4-3-5-13(15-11)16-14/h3-5,12H,6-10,14H2,1-2H3,(H,15,16). The van der Waals surface area contributed by atoms with Crippen LogP contribution >= 0.6 is 0 Å². The molecule has 1 aliphatic heterocycles. The fourth-order valence-electron chi connectivity index (χ4n) is 2.47. The minimum atomic E-state index is 0.728. The zero-order valence-corrected chi connectivity index (χ0v) is 11.3. The van der Waals surface area contributed by atoms with E-state index >= 15 is 0 Å². The molecule has 0 unspecified atom stereocenters. The van der Waals surface area contributed by atoms with Gasteiger partial charge in [0.25, 0.3) is 0 Å². The van der Waals surface area contributed by atoms with E-state index in [9.17, 15) is 0 Å². The van der Waals surface area contributed by atoms with E-state index in [1.165, 1.54) is 12.8 Å². The van der Waals surface area contributed by atoms with Crippen LogP contribution in [0.25, 0.3) is 0 Å². The number of nitrogens with one attached hydrogen (secondary N) is 1. The van der Waals surface area contributed by atoms with Crippen molar-refractivity contribution in [1.82, 2.24) is 14.8 Å². The average molecular weight is 249 g/mol. The van der Waals surface area contributed by atoms with Crippen LogP contribution in [0.4, 0.5) is 5.82 Å². The average Bonchev–Trinajstić information content (AvgIpc) is 2.39.